The maximum absolute atomic E-state index is 10.1. The maximum Gasteiger partial charge on any atom is 0.330 e. The molecule has 0 radical (unpaired) electrons. The fourth-order valence-corrected chi connectivity index (χ4v) is 1.47. The van der Waals surface area contributed by atoms with Crippen LogP contribution >= 0.6 is 0 Å². The third-order valence-corrected chi connectivity index (χ3v) is 2.67. The van der Waals surface area contributed by atoms with Crippen LogP contribution in [0.4, 0.5) is 0 Å². The summed E-state index contributed by atoms with van der Waals surface area (Å²) in [5.74, 6) is -1.03. The molecule has 18 heavy (non-hydrogen) atoms. The SMILES string of the molecule is C=C(CCC)C(=O)O.CN(C)CCCS(=O)(=O)O. The van der Waals surface area contributed by atoms with Gasteiger partial charge in [0.25, 0.3) is 10.1 Å². The van der Waals surface area contributed by atoms with Gasteiger partial charge in [0.1, 0.15) is 0 Å². The first-order valence-electron chi connectivity index (χ1n) is 5.61. The lowest BCUT2D eigenvalue weighted by Crippen LogP contribution is -2.16. The zero-order chi connectivity index (χ0) is 14.8. The lowest BCUT2D eigenvalue weighted by molar-refractivity contribution is -0.132. The fourth-order valence-electron chi connectivity index (χ4n) is 0.972. The first-order chi connectivity index (χ1) is 8.10. The van der Waals surface area contributed by atoms with Crippen molar-refractivity contribution in [3.63, 3.8) is 0 Å². The van der Waals surface area contributed by atoms with Gasteiger partial charge in [0.05, 0.1) is 5.75 Å². The molecule has 0 heterocycles. The lowest BCUT2D eigenvalue weighted by Gasteiger charge is -2.06. The van der Waals surface area contributed by atoms with E-state index in [1.807, 2.05) is 25.9 Å². The molecule has 0 spiro atoms. The Morgan fingerprint density at radius 1 is 1.33 bits per heavy atom. The van der Waals surface area contributed by atoms with Gasteiger partial charge >= 0.3 is 5.97 Å². The summed E-state index contributed by atoms with van der Waals surface area (Å²) in [5.41, 5.74) is 0.299. The van der Waals surface area contributed by atoms with E-state index in [4.69, 9.17) is 9.66 Å². The van der Waals surface area contributed by atoms with Gasteiger partial charge in [-0.15, -0.1) is 0 Å². The molecule has 0 bridgehead atoms. The van der Waals surface area contributed by atoms with E-state index in [0.717, 1.165) is 6.42 Å². The zero-order valence-electron chi connectivity index (χ0n) is 11.2. The Hall–Kier alpha value is -0.920. The number of aliphatic carboxylic acids is 1. The number of carboxylic acid groups (broad SMARTS) is 1. The molecule has 7 heteroatoms. The Morgan fingerprint density at radius 2 is 1.83 bits per heavy atom. The number of hydrogen-bond donors (Lipinski definition) is 2. The van der Waals surface area contributed by atoms with Gasteiger partial charge in [0, 0.05) is 5.57 Å². The van der Waals surface area contributed by atoms with Crippen molar-refractivity contribution in [3.8, 4) is 0 Å². The van der Waals surface area contributed by atoms with Gasteiger partial charge < -0.3 is 10.0 Å². The number of carbonyl (C=O) groups is 1. The molecule has 0 aliphatic carbocycles. The summed E-state index contributed by atoms with van der Waals surface area (Å²) < 4.78 is 28.6. The van der Waals surface area contributed by atoms with Gasteiger partial charge in [-0.1, -0.05) is 19.9 Å². The van der Waals surface area contributed by atoms with E-state index >= 15 is 0 Å². The molecule has 0 unspecified atom stereocenters. The number of carboxylic acids is 1. The van der Waals surface area contributed by atoms with E-state index in [0.29, 0.717) is 25.0 Å². The Balaban J connectivity index is 0. The highest BCUT2D eigenvalue weighted by molar-refractivity contribution is 7.85. The highest BCUT2D eigenvalue weighted by Gasteiger charge is 2.03. The van der Waals surface area contributed by atoms with Crippen LogP contribution in [0.5, 0.6) is 0 Å². The van der Waals surface area contributed by atoms with E-state index in [9.17, 15) is 13.2 Å². The monoisotopic (exact) mass is 281 g/mol. The Morgan fingerprint density at radius 3 is 2.06 bits per heavy atom. The van der Waals surface area contributed by atoms with E-state index < -0.39 is 16.1 Å². The van der Waals surface area contributed by atoms with Gasteiger partial charge in [0.15, 0.2) is 0 Å². The topological polar surface area (TPSA) is 94.9 Å². The minimum atomic E-state index is -3.75. The van der Waals surface area contributed by atoms with Crippen LogP contribution in [0.15, 0.2) is 12.2 Å². The number of nitrogens with zero attached hydrogens (tertiary/aromatic N) is 1. The van der Waals surface area contributed by atoms with Crippen LogP contribution in [0.2, 0.25) is 0 Å². The molecule has 0 aliphatic heterocycles. The van der Waals surface area contributed by atoms with Crippen LogP contribution in [0.3, 0.4) is 0 Å². The van der Waals surface area contributed by atoms with Crippen LogP contribution in [-0.4, -0.2) is 55.3 Å². The molecule has 2 N–H and O–H groups in total. The minimum Gasteiger partial charge on any atom is -0.478 e. The molecule has 0 fully saturated rings. The molecule has 0 amide bonds. The Labute approximate surface area is 109 Å². The van der Waals surface area contributed by atoms with Crippen LogP contribution in [0.1, 0.15) is 26.2 Å². The molecule has 0 aromatic rings. The quantitative estimate of drug-likeness (QED) is 0.539. The maximum atomic E-state index is 10.1. The van der Waals surface area contributed by atoms with Gasteiger partial charge in [-0.25, -0.2) is 4.79 Å². The largest absolute Gasteiger partial charge is 0.478 e. The van der Waals surface area contributed by atoms with Crippen LogP contribution in [-0.2, 0) is 14.9 Å². The number of hydrogen-bond acceptors (Lipinski definition) is 4. The molecule has 0 aliphatic rings. The Kier molecular flexibility index (Phi) is 10.8. The molecule has 0 saturated heterocycles. The van der Waals surface area contributed by atoms with Crippen LogP contribution in [0.25, 0.3) is 0 Å². The van der Waals surface area contributed by atoms with Crippen LogP contribution < -0.4 is 0 Å². The highest BCUT2D eigenvalue weighted by Crippen LogP contribution is 1.99. The predicted molar refractivity (Wildman–Crippen MR) is 71.3 cm³/mol. The normalized spacial score (nSPS) is 10.7. The van der Waals surface area contributed by atoms with E-state index in [-0.39, 0.29) is 5.75 Å². The van der Waals surface area contributed by atoms with Gasteiger partial charge in [-0.05, 0) is 33.5 Å². The van der Waals surface area contributed by atoms with Crippen molar-refractivity contribution in [1.29, 1.82) is 0 Å². The fraction of sp³-hybridized carbons (Fsp3) is 0.727. The second kappa shape index (κ2) is 10.0. The summed E-state index contributed by atoms with van der Waals surface area (Å²) in [6, 6.07) is 0. The first-order valence-corrected chi connectivity index (χ1v) is 7.22. The van der Waals surface area contributed by atoms with E-state index in [1.165, 1.54) is 0 Å². The Bertz CT molecular complexity index is 348. The third kappa shape index (κ3) is 17.5. The second-order valence-corrected chi connectivity index (χ2v) is 5.67. The minimum absolute atomic E-state index is 0.148. The van der Waals surface area contributed by atoms with Crippen molar-refractivity contribution in [2.45, 2.75) is 26.2 Å². The summed E-state index contributed by atoms with van der Waals surface area (Å²) in [7, 11) is -0.0441. The summed E-state index contributed by atoms with van der Waals surface area (Å²) in [6.07, 6.45) is 1.92. The predicted octanol–water partition coefficient (Wildman–Crippen LogP) is 1.25. The average Bonchev–Trinajstić information content (AvgIpc) is 2.16. The second-order valence-electron chi connectivity index (χ2n) is 4.10. The van der Waals surface area contributed by atoms with Gasteiger partial charge in [-0.3, -0.25) is 4.55 Å². The highest BCUT2D eigenvalue weighted by atomic mass is 32.2. The van der Waals surface area contributed by atoms with Crippen molar-refractivity contribution >= 4 is 16.1 Å². The van der Waals surface area contributed by atoms with Gasteiger partial charge in [-0.2, -0.15) is 8.42 Å². The molecule has 0 rings (SSSR count). The standard InChI is InChI=1S/C6H10O2.C5H13NO3S/c1-3-4-5(2)6(7)8;1-6(2)4-3-5-10(7,8)9/h2-4H2,1H3,(H,7,8);3-5H2,1-2H3,(H,7,8,9). The van der Waals surface area contributed by atoms with E-state index in [2.05, 4.69) is 6.58 Å². The van der Waals surface area contributed by atoms with Crippen molar-refractivity contribution in [2.75, 3.05) is 26.4 Å². The third-order valence-electron chi connectivity index (χ3n) is 1.86. The summed E-state index contributed by atoms with van der Waals surface area (Å²) in [4.78, 5) is 11.9. The molecule has 6 nitrogen and oxygen atoms in total. The summed E-state index contributed by atoms with van der Waals surface area (Å²) >= 11 is 0. The molecule has 0 aromatic heterocycles. The summed E-state index contributed by atoms with van der Waals surface area (Å²) in [6.45, 7) is 5.95. The van der Waals surface area contributed by atoms with Gasteiger partial charge in [0.2, 0.25) is 0 Å². The smallest absolute Gasteiger partial charge is 0.330 e. The molecule has 0 saturated carbocycles. The molecule has 0 atom stereocenters. The molecular formula is C11H23NO5S. The van der Waals surface area contributed by atoms with Crippen LogP contribution in [0, 0.1) is 0 Å². The van der Waals surface area contributed by atoms with Crippen molar-refractivity contribution in [3.05, 3.63) is 12.2 Å². The number of rotatable bonds is 7. The van der Waals surface area contributed by atoms with Crippen molar-refractivity contribution in [2.24, 2.45) is 0 Å². The molecule has 0 aromatic carbocycles. The molecular weight excluding hydrogens is 258 g/mol. The van der Waals surface area contributed by atoms with Crippen molar-refractivity contribution in [1.82, 2.24) is 4.90 Å². The molecule has 108 valence electrons. The zero-order valence-corrected chi connectivity index (χ0v) is 12.0. The first kappa shape index (κ1) is 19.4. The van der Waals surface area contributed by atoms with E-state index in [1.54, 1.807) is 0 Å². The van der Waals surface area contributed by atoms with Crippen molar-refractivity contribution < 1.29 is 22.9 Å². The summed E-state index contributed by atoms with van der Waals surface area (Å²) in [5, 5.41) is 8.21. The lowest BCUT2D eigenvalue weighted by atomic mass is 10.2. The average molecular weight is 281 g/mol.